The second kappa shape index (κ2) is 12.9. The second-order valence-corrected chi connectivity index (χ2v) is 12.7. The molecule has 0 bridgehead atoms. The number of aromatic nitrogens is 3. The third-order valence-corrected chi connectivity index (χ3v) is 9.71. The average molecular weight is 667 g/mol. The lowest BCUT2D eigenvalue weighted by Gasteiger charge is -2.42. The molecule has 9 rings (SSSR count). The van der Waals surface area contributed by atoms with Gasteiger partial charge in [0.1, 0.15) is 11.5 Å². The molecule has 1 aromatic heterocycles. The molecular formula is C47H30N4O. The summed E-state index contributed by atoms with van der Waals surface area (Å²) in [6, 6.07) is 63.8. The second-order valence-electron chi connectivity index (χ2n) is 12.7. The lowest BCUT2D eigenvalue weighted by Crippen LogP contribution is -2.34. The van der Waals surface area contributed by atoms with Crippen molar-refractivity contribution in [1.29, 1.82) is 5.26 Å². The molecule has 5 nitrogen and oxygen atoms in total. The molecule has 0 fully saturated rings. The Balaban J connectivity index is 1.28. The van der Waals surface area contributed by atoms with Crippen LogP contribution in [0, 0.1) is 11.3 Å². The summed E-state index contributed by atoms with van der Waals surface area (Å²) < 4.78 is 6.92. The molecule has 0 aliphatic carbocycles. The van der Waals surface area contributed by atoms with E-state index in [1.54, 1.807) is 0 Å². The molecule has 244 valence electrons. The molecule has 2 heterocycles. The summed E-state index contributed by atoms with van der Waals surface area (Å²) in [5.74, 6) is 3.11. The summed E-state index contributed by atoms with van der Waals surface area (Å²) in [6.07, 6.45) is 0. The Hall–Kier alpha value is -7.16. The summed E-state index contributed by atoms with van der Waals surface area (Å²) in [7, 11) is 0. The smallest absolute Gasteiger partial charge is 0.167 e. The molecule has 0 unspecified atom stereocenters. The summed E-state index contributed by atoms with van der Waals surface area (Å²) in [4.78, 5) is 15.3. The van der Waals surface area contributed by atoms with Gasteiger partial charge in [-0.25, -0.2) is 15.0 Å². The number of hydrogen-bond donors (Lipinski definition) is 0. The van der Waals surface area contributed by atoms with Crippen LogP contribution in [0.4, 0.5) is 0 Å². The van der Waals surface area contributed by atoms with E-state index in [0.717, 1.165) is 55.8 Å². The minimum atomic E-state index is -0.670. The van der Waals surface area contributed by atoms with Crippen molar-refractivity contribution >= 4 is 0 Å². The fourth-order valence-corrected chi connectivity index (χ4v) is 7.32. The first-order chi connectivity index (χ1) is 25.7. The topological polar surface area (TPSA) is 71.7 Å². The molecule has 0 saturated carbocycles. The summed E-state index contributed by atoms with van der Waals surface area (Å²) >= 11 is 0. The Morgan fingerprint density at radius 3 is 1.67 bits per heavy atom. The van der Waals surface area contributed by atoms with Crippen molar-refractivity contribution < 1.29 is 4.74 Å². The van der Waals surface area contributed by atoms with Gasteiger partial charge in [0.2, 0.25) is 0 Å². The zero-order valence-corrected chi connectivity index (χ0v) is 28.0. The molecule has 0 spiro atoms. The van der Waals surface area contributed by atoms with Crippen molar-refractivity contribution in [2.45, 2.75) is 5.41 Å². The standard InChI is InChI=1S/C47H30N4O/c48-31-32-26-28-33(29-27-32)35-16-12-17-36(30-35)45-49-44(34-14-4-1-5-15-34)50-46(51-45)39-22-13-24-41-43(39)52-42-25-11-10-23-40(42)47(41,37-18-6-2-7-19-37)38-20-8-3-9-21-38/h1-30H. The minimum absolute atomic E-state index is 0.513. The number of hydrogen-bond acceptors (Lipinski definition) is 5. The maximum Gasteiger partial charge on any atom is 0.167 e. The van der Waals surface area contributed by atoms with Gasteiger partial charge in [0, 0.05) is 22.3 Å². The summed E-state index contributed by atoms with van der Waals surface area (Å²) in [5.41, 5.74) is 8.80. The van der Waals surface area contributed by atoms with E-state index in [1.165, 1.54) is 0 Å². The predicted molar refractivity (Wildman–Crippen MR) is 205 cm³/mol. The van der Waals surface area contributed by atoms with Gasteiger partial charge in [-0.1, -0.05) is 152 Å². The molecule has 1 aliphatic rings. The van der Waals surface area contributed by atoms with Gasteiger partial charge in [-0.15, -0.1) is 0 Å². The molecule has 8 aromatic rings. The first-order valence-electron chi connectivity index (χ1n) is 17.2. The number of ether oxygens (including phenoxy) is 1. The van der Waals surface area contributed by atoms with Crippen molar-refractivity contribution in [1.82, 2.24) is 15.0 Å². The molecule has 0 radical (unpaired) electrons. The Labute approximate surface area is 302 Å². The van der Waals surface area contributed by atoms with Crippen LogP contribution < -0.4 is 4.74 Å². The van der Waals surface area contributed by atoms with E-state index < -0.39 is 5.41 Å². The van der Waals surface area contributed by atoms with E-state index in [4.69, 9.17) is 19.7 Å². The van der Waals surface area contributed by atoms with Gasteiger partial charge >= 0.3 is 0 Å². The van der Waals surface area contributed by atoms with Crippen LogP contribution in [-0.2, 0) is 5.41 Å². The van der Waals surface area contributed by atoms with Crippen LogP contribution in [0.1, 0.15) is 27.8 Å². The summed E-state index contributed by atoms with van der Waals surface area (Å²) in [5, 5.41) is 9.32. The van der Waals surface area contributed by atoms with E-state index in [2.05, 4.69) is 103 Å². The lowest BCUT2D eigenvalue weighted by molar-refractivity contribution is 0.436. The monoisotopic (exact) mass is 666 g/mol. The lowest BCUT2D eigenvalue weighted by atomic mass is 9.63. The zero-order valence-electron chi connectivity index (χ0n) is 28.0. The van der Waals surface area contributed by atoms with Crippen LogP contribution in [0.2, 0.25) is 0 Å². The predicted octanol–water partition coefficient (Wildman–Crippen LogP) is 10.9. The van der Waals surface area contributed by atoms with E-state index in [1.807, 2.05) is 84.9 Å². The Bertz CT molecular complexity index is 2560. The highest BCUT2D eigenvalue weighted by Crippen LogP contribution is 2.57. The fourth-order valence-electron chi connectivity index (χ4n) is 7.32. The minimum Gasteiger partial charge on any atom is -0.456 e. The molecule has 5 heteroatoms. The first kappa shape index (κ1) is 30.9. The molecule has 0 saturated heterocycles. The van der Waals surface area contributed by atoms with Crippen LogP contribution in [0.5, 0.6) is 11.5 Å². The van der Waals surface area contributed by atoms with E-state index in [9.17, 15) is 5.26 Å². The van der Waals surface area contributed by atoms with E-state index in [-0.39, 0.29) is 0 Å². The van der Waals surface area contributed by atoms with Gasteiger partial charge in [0.05, 0.1) is 22.6 Å². The van der Waals surface area contributed by atoms with Gasteiger partial charge in [-0.3, -0.25) is 0 Å². The van der Waals surface area contributed by atoms with Crippen molar-refractivity contribution in [2.24, 2.45) is 0 Å². The highest BCUT2D eigenvalue weighted by atomic mass is 16.5. The Morgan fingerprint density at radius 2 is 0.981 bits per heavy atom. The third kappa shape index (κ3) is 5.22. The maximum atomic E-state index is 9.32. The average Bonchev–Trinajstić information content (AvgIpc) is 3.23. The van der Waals surface area contributed by atoms with Crippen LogP contribution >= 0.6 is 0 Å². The van der Waals surface area contributed by atoms with Crippen molar-refractivity contribution in [2.75, 3.05) is 0 Å². The number of nitrogens with zero attached hydrogens (tertiary/aromatic N) is 4. The number of para-hydroxylation sites is 2. The Morgan fingerprint density at radius 1 is 0.442 bits per heavy atom. The van der Waals surface area contributed by atoms with Crippen LogP contribution in [-0.4, -0.2) is 15.0 Å². The normalized spacial score (nSPS) is 12.5. The quantitative estimate of drug-likeness (QED) is 0.177. The van der Waals surface area contributed by atoms with Gasteiger partial charge < -0.3 is 4.74 Å². The largest absolute Gasteiger partial charge is 0.456 e. The number of rotatable bonds is 6. The molecule has 7 aromatic carbocycles. The molecule has 52 heavy (non-hydrogen) atoms. The number of nitriles is 1. The zero-order chi connectivity index (χ0) is 34.9. The van der Waals surface area contributed by atoms with E-state index in [0.29, 0.717) is 28.8 Å². The third-order valence-electron chi connectivity index (χ3n) is 9.71. The molecule has 1 aliphatic heterocycles. The van der Waals surface area contributed by atoms with Crippen molar-refractivity contribution in [3.63, 3.8) is 0 Å². The number of fused-ring (bicyclic) bond motifs is 2. The van der Waals surface area contributed by atoms with Gasteiger partial charge in [-0.05, 0) is 52.6 Å². The van der Waals surface area contributed by atoms with E-state index >= 15 is 0 Å². The van der Waals surface area contributed by atoms with Gasteiger partial charge in [0.25, 0.3) is 0 Å². The Kier molecular flexibility index (Phi) is 7.68. The van der Waals surface area contributed by atoms with Crippen molar-refractivity contribution in [3.8, 4) is 62.9 Å². The van der Waals surface area contributed by atoms with Crippen LogP contribution in [0.15, 0.2) is 182 Å². The maximum absolute atomic E-state index is 9.32. The van der Waals surface area contributed by atoms with Gasteiger partial charge in [0.15, 0.2) is 17.5 Å². The first-order valence-corrected chi connectivity index (χ1v) is 17.2. The fraction of sp³-hybridized carbons (Fsp3) is 0.0213. The molecule has 0 N–H and O–H groups in total. The highest BCUT2D eigenvalue weighted by Gasteiger charge is 2.46. The molecule has 0 atom stereocenters. The molecular weight excluding hydrogens is 637 g/mol. The number of benzene rings is 7. The van der Waals surface area contributed by atoms with Crippen LogP contribution in [0.25, 0.3) is 45.3 Å². The summed E-state index contributed by atoms with van der Waals surface area (Å²) in [6.45, 7) is 0. The molecule has 0 amide bonds. The SMILES string of the molecule is N#Cc1ccc(-c2cccc(-c3nc(-c4ccccc4)nc(-c4cccc5c4Oc4ccccc4C5(c4ccccc4)c4ccccc4)n3)c2)cc1. The van der Waals surface area contributed by atoms with Crippen LogP contribution in [0.3, 0.4) is 0 Å². The highest BCUT2D eigenvalue weighted by molar-refractivity contribution is 5.79. The van der Waals surface area contributed by atoms with Crippen molar-refractivity contribution in [3.05, 3.63) is 210 Å². The van der Waals surface area contributed by atoms with Gasteiger partial charge in [-0.2, -0.15) is 5.26 Å².